The van der Waals surface area contributed by atoms with Crippen molar-refractivity contribution in [3.8, 4) is 0 Å². The van der Waals surface area contributed by atoms with Crippen molar-refractivity contribution in [3.05, 3.63) is 40.9 Å². The summed E-state index contributed by atoms with van der Waals surface area (Å²) in [7, 11) is 0. The molecule has 4 nitrogen and oxygen atoms in total. The monoisotopic (exact) mass is 252 g/mol. The topological polar surface area (TPSA) is 56.7 Å². The first-order chi connectivity index (χ1) is 6.77. The second-order valence-electron chi connectivity index (χ2n) is 2.90. The van der Waals surface area contributed by atoms with Crippen molar-refractivity contribution in [1.82, 2.24) is 14.8 Å². The highest BCUT2D eigenvalue weighted by molar-refractivity contribution is 9.10. The lowest BCUT2D eigenvalue weighted by Crippen LogP contribution is -2.04. The Balaban J connectivity index is 2.33. The first-order valence-electron chi connectivity index (χ1n) is 4.12. The smallest absolute Gasteiger partial charge is 0.137 e. The predicted octanol–water partition coefficient (Wildman–Crippen LogP) is 1.67. The van der Waals surface area contributed by atoms with E-state index in [2.05, 4.69) is 26.0 Å². The molecule has 0 saturated heterocycles. The molecule has 0 spiro atoms. The van der Waals surface area contributed by atoms with Crippen molar-refractivity contribution in [1.29, 1.82) is 0 Å². The normalized spacial score (nSPS) is 10.4. The molecule has 0 fully saturated rings. The number of hydrogen-bond donors (Lipinski definition) is 1. The number of nitrogens with two attached hydrogens (primary N) is 1. The third-order valence-corrected chi connectivity index (χ3v) is 2.68. The molecule has 0 aliphatic carbocycles. The van der Waals surface area contributed by atoms with Crippen molar-refractivity contribution in [3.63, 3.8) is 0 Å². The summed E-state index contributed by atoms with van der Waals surface area (Å²) < 4.78 is 2.73. The van der Waals surface area contributed by atoms with Crippen LogP contribution in [0.3, 0.4) is 0 Å². The number of nitrogen functional groups attached to an aromatic ring is 1. The van der Waals surface area contributed by atoms with Crippen LogP contribution in [0.15, 0.2) is 35.3 Å². The van der Waals surface area contributed by atoms with Crippen molar-refractivity contribution < 1.29 is 0 Å². The minimum Gasteiger partial charge on any atom is -0.398 e. The first-order valence-corrected chi connectivity index (χ1v) is 4.92. The summed E-state index contributed by atoms with van der Waals surface area (Å²) in [5, 5.41) is 4.02. The fraction of sp³-hybridized carbons (Fsp3) is 0.111. The van der Waals surface area contributed by atoms with Gasteiger partial charge in [-0.15, -0.1) is 0 Å². The molecule has 1 aromatic heterocycles. The van der Waals surface area contributed by atoms with Gasteiger partial charge in [-0.3, -0.25) is 0 Å². The summed E-state index contributed by atoms with van der Waals surface area (Å²) in [5.74, 6) is 0. The summed E-state index contributed by atoms with van der Waals surface area (Å²) in [5.41, 5.74) is 7.63. The molecule has 0 saturated carbocycles. The Labute approximate surface area is 89.9 Å². The van der Waals surface area contributed by atoms with E-state index in [-0.39, 0.29) is 0 Å². The maximum Gasteiger partial charge on any atom is 0.137 e. The third-order valence-electron chi connectivity index (χ3n) is 1.94. The minimum atomic E-state index is 0.632. The molecule has 14 heavy (non-hydrogen) atoms. The van der Waals surface area contributed by atoms with Gasteiger partial charge in [0.05, 0.1) is 6.54 Å². The van der Waals surface area contributed by atoms with Gasteiger partial charge in [-0.25, -0.2) is 9.67 Å². The third kappa shape index (κ3) is 1.77. The maximum absolute atomic E-state index is 5.85. The summed E-state index contributed by atoms with van der Waals surface area (Å²) in [4.78, 5) is 3.87. The van der Waals surface area contributed by atoms with E-state index in [1.165, 1.54) is 6.33 Å². The summed E-state index contributed by atoms with van der Waals surface area (Å²) in [6.07, 6.45) is 3.17. The predicted molar refractivity (Wildman–Crippen MR) is 57.7 cm³/mol. The second kappa shape index (κ2) is 3.79. The molecule has 5 heteroatoms. The Morgan fingerprint density at radius 1 is 1.43 bits per heavy atom. The van der Waals surface area contributed by atoms with Crippen molar-refractivity contribution >= 4 is 21.6 Å². The van der Waals surface area contributed by atoms with E-state index in [9.17, 15) is 0 Å². The van der Waals surface area contributed by atoms with E-state index >= 15 is 0 Å². The van der Waals surface area contributed by atoms with Crippen molar-refractivity contribution in [2.75, 3.05) is 5.73 Å². The standard InChI is InChI=1S/C9H9BrN4/c10-8-2-1-3-9(11)7(8)4-14-6-12-5-13-14/h1-3,5-6H,4,11H2. The largest absolute Gasteiger partial charge is 0.398 e. The van der Waals surface area contributed by atoms with Crippen LogP contribution in [0.5, 0.6) is 0 Å². The molecule has 0 radical (unpaired) electrons. The van der Waals surface area contributed by atoms with Crippen LogP contribution in [0.25, 0.3) is 0 Å². The molecule has 0 unspecified atom stereocenters. The van der Waals surface area contributed by atoms with Gasteiger partial charge in [0.1, 0.15) is 12.7 Å². The van der Waals surface area contributed by atoms with Gasteiger partial charge in [0.25, 0.3) is 0 Å². The fourth-order valence-electron chi connectivity index (χ4n) is 1.22. The molecule has 2 N–H and O–H groups in total. The number of aromatic nitrogens is 3. The SMILES string of the molecule is Nc1cccc(Br)c1Cn1cncn1. The molecular formula is C9H9BrN4. The molecule has 0 bridgehead atoms. The highest BCUT2D eigenvalue weighted by atomic mass is 79.9. The summed E-state index contributed by atoms with van der Waals surface area (Å²) in [6, 6.07) is 5.74. The lowest BCUT2D eigenvalue weighted by Gasteiger charge is -2.07. The van der Waals surface area contributed by atoms with Gasteiger partial charge in [0, 0.05) is 15.7 Å². The highest BCUT2D eigenvalue weighted by Crippen LogP contribution is 2.22. The zero-order chi connectivity index (χ0) is 9.97. The Kier molecular flexibility index (Phi) is 2.49. The Hall–Kier alpha value is -1.36. The van der Waals surface area contributed by atoms with Crippen LogP contribution in [0.2, 0.25) is 0 Å². The minimum absolute atomic E-state index is 0.632. The summed E-state index contributed by atoms with van der Waals surface area (Å²) in [6.45, 7) is 0.632. The van der Waals surface area contributed by atoms with Crippen LogP contribution in [-0.4, -0.2) is 14.8 Å². The van der Waals surface area contributed by atoms with Crippen LogP contribution in [0, 0.1) is 0 Å². The number of rotatable bonds is 2. The maximum atomic E-state index is 5.85. The van der Waals surface area contributed by atoms with Gasteiger partial charge < -0.3 is 5.73 Å². The number of benzene rings is 1. The Morgan fingerprint density at radius 3 is 2.93 bits per heavy atom. The van der Waals surface area contributed by atoms with Crippen LogP contribution < -0.4 is 5.73 Å². The van der Waals surface area contributed by atoms with Crippen LogP contribution in [0.1, 0.15) is 5.56 Å². The van der Waals surface area contributed by atoms with Gasteiger partial charge in [-0.05, 0) is 12.1 Å². The molecule has 0 aliphatic heterocycles. The highest BCUT2D eigenvalue weighted by Gasteiger charge is 2.04. The average molecular weight is 253 g/mol. The van der Waals surface area contributed by atoms with Gasteiger partial charge >= 0.3 is 0 Å². The second-order valence-corrected chi connectivity index (χ2v) is 3.76. The Bertz CT molecular complexity index is 404. The lowest BCUT2D eigenvalue weighted by atomic mass is 10.2. The molecule has 2 aromatic rings. The number of nitrogens with zero attached hydrogens (tertiary/aromatic N) is 3. The van der Waals surface area contributed by atoms with Crippen LogP contribution >= 0.6 is 15.9 Å². The van der Waals surface area contributed by atoms with Crippen molar-refractivity contribution in [2.24, 2.45) is 0 Å². The number of halogens is 1. The van der Waals surface area contributed by atoms with Gasteiger partial charge in [-0.1, -0.05) is 22.0 Å². The van der Waals surface area contributed by atoms with Gasteiger partial charge in [0.2, 0.25) is 0 Å². The van der Waals surface area contributed by atoms with E-state index in [1.807, 2.05) is 18.2 Å². The number of hydrogen-bond acceptors (Lipinski definition) is 3. The van der Waals surface area contributed by atoms with E-state index in [4.69, 9.17) is 5.73 Å². The van der Waals surface area contributed by atoms with E-state index < -0.39 is 0 Å². The molecule has 1 aromatic carbocycles. The fourth-order valence-corrected chi connectivity index (χ4v) is 1.73. The number of anilines is 1. The van der Waals surface area contributed by atoms with E-state index in [0.29, 0.717) is 6.54 Å². The average Bonchev–Trinajstić information content (AvgIpc) is 2.64. The lowest BCUT2D eigenvalue weighted by molar-refractivity contribution is 0.684. The van der Waals surface area contributed by atoms with E-state index in [0.717, 1.165) is 15.7 Å². The molecule has 0 aliphatic rings. The quantitative estimate of drug-likeness (QED) is 0.828. The van der Waals surface area contributed by atoms with Gasteiger partial charge in [-0.2, -0.15) is 5.10 Å². The van der Waals surface area contributed by atoms with Gasteiger partial charge in [0.15, 0.2) is 0 Å². The van der Waals surface area contributed by atoms with Crippen LogP contribution in [0.4, 0.5) is 5.69 Å². The zero-order valence-corrected chi connectivity index (χ0v) is 8.98. The first kappa shape index (κ1) is 9.21. The Morgan fingerprint density at radius 2 is 2.29 bits per heavy atom. The van der Waals surface area contributed by atoms with Crippen LogP contribution in [-0.2, 0) is 6.54 Å². The molecule has 2 rings (SSSR count). The summed E-state index contributed by atoms with van der Waals surface area (Å²) >= 11 is 3.45. The van der Waals surface area contributed by atoms with Crippen molar-refractivity contribution in [2.45, 2.75) is 6.54 Å². The van der Waals surface area contributed by atoms with E-state index in [1.54, 1.807) is 11.0 Å². The molecule has 1 heterocycles. The molecular weight excluding hydrogens is 244 g/mol. The molecule has 72 valence electrons. The zero-order valence-electron chi connectivity index (χ0n) is 7.39. The molecule has 0 amide bonds. The molecule has 0 atom stereocenters.